The van der Waals surface area contributed by atoms with Gasteiger partial charge >= 0.3 is 0 Å². The van der Waals surface area contributed by atoms with Gasteiger partial charge in [-0.25, -0.2) is 0 Å². The van der Waals surface area contributed by atoms with E-state index in [2.05, 4.69) is 5.32 Å². The first kappa shape index (κ1) is 18.2. The van der Waals surface area contributed by atoms with Crippen molar-refractivity contribution in [3.05, 3.63) is 23.2 Å². The molecule has 1 aromatic carbocycles. The van der Waals surface area contributed by atoms with Gasteiger partial charge in [0.1, 0.15) is 11.8 Å². The van der Waals surface area contributed by atoms with Crippen molar-refractivity contribution in [2.75, 3.05) is 39.7 Å². The number of ether oxygens (including phenoxy) is 2. The Balaban J connectivity index is 2.65. The number of nitrogens with one attached hydrogen (secondary N) is 1. The first-order chi connectivity index (χ1) is 10.3. The molecule has 1 rings (SSSR count). The standard InChI is InChI=1S/C14H20ClN3O4/c1-18(2)13(19)8-22-12-5-4-9(6-10(12)15)17-14(20)11(16)7-21-3/h4-6,11H,7-8,16H2,1-3H3,(H,17,20). The molecule has 3 N–H and O–H groups in total. The Morgan fingerprint density at radius 2 is 2.09 bits per heavy atom. The van der Waals surface area contributed by atoms with Gasteiger partial charge in [-0.3, -0.25) is 9.59 Å². The minimum Gasteiger partial charge on any atom is -0.482 e. The summed E-state index contributed by atoms with van der Waals surface area (Å²) in [5.41, 5.74) is 6.10. The fourth-order valence-electron chi connectivity index (χ4n) is 1.45. The van der Waals surface area contributed by atoms with Gasteiger partial charge in [-0.15, -0.1) is 0 Å². The van der Waals surface area contributed by atoms with Crippen molar-refractivity contribution in [2.24, 2.45) is 5.73 Å². The summed E-state index contributed by atoms with van der Waals surface area (Å²) in [4.78, 5) is 24.6. The summed E-state index contributed by atoms with van der Waals surface area (Å²) in [7, 11) is 4.73. The average Bonchev–Trinajstić information content (AvgIpc) is 2.46. The summed E-state index contributed by atoms with van der Waals surface area (Å²) >= 11 is 6.06. The lowest BCUT2D eigenvalue weighted by Gasteiger charge is -2.14. The van der Waals surface area contributed by atoms with E-state index in [9.17, 15) is 9.59 Å². The molecule has 0 saturated carbocycles. The van der Waals surface area contributed by atoms with Gasteiger partial charge in [0, 0.05) is 26.9 Å². The second-order valence-electron chi connectivity index (χ2n) is 4.77. The van der Waals surface area contributed by atoms with Gasteiger partial charge in [0.2, 0.25) is 5.91 Å². The van der Waals surface area contributed by atoms with Gasteiger partial charge < -0.3 is 25.4 Å². The molecule has 7 nitrogen and oxygen atoms in total. The third-order valence-corrected chi connectivity index (χ3v) is 3.03. The largest absolute Gasteiger partial charge is 0.482 e. The molecular formula is C14H20ClN3O4. The minimum atomic E-state index is -0.766. The summed E-state index contributed by atoms with van der Waals surface area (Å²) in [6, 6.07) is 3.94. The molecule has 0 aromatic heterocycles. The molecule has 0 bridgehead atoms. The summed E-state index contributed by atoms with van der Waals surface area (Å²) < 4.78 is 10.1. The van der Waals surface area contributed by atoms with Gasteiger partial charge in [-0.05, 0) is 18.2 Å². The van der Waals surface area contributed by atoms with E-state index in [4.69, 9.17) is 26.8 Å². The van der Waals surface area contributed by atoms with E-state index in [1.165, 1.54) is 18.1 Å². The van der Waals surface area contributed by atoms with Gasteiger partial charge in [-0.1, -0.05) is 11.6 Å². The lowest BCUT2D eigenvalue weighted by Crippen LogP contribution is -2.39. The van der Waals surface area contributed by atoms with Crippen LogP contribution < -0.4 is 15.8 Å². The van der Waals surface area contributed by atoms with Crippen molar-refractivity contribution in [3.8, 4) is 5.75 Å². The van der Waals surface area contributed by atoms with Gasteiger partial charge in [0.05, 0.1) is 11.6 Å². The second-order valence-corrected chi connectivity index (χ2v) is 5.18. The number of methoxy groups -OCH3 is 1. The van der Waals surface area contributed by atoms with Crippen LogP contribution in [0.25, 0.3) is 0 Å². The van der Waals surface area contributed by atoms with E-state index < -0.39 is 6.04 Å². The fourth-order valence-corrected chi connectivity index (χ4v) is 1.69. The third kappa shape index (κ3) is 5.51. The van der Waals surface area contributed by atoms with Crippen molar-refractivity contribution < 1.29 is 19.1 Å². The normalized spacial score (nSPS) is 11.7. The molecule has 1 atom stereocenters. The molecule has 122 valence electrons. The van der Waals surface area contributed by atoms with Crippen LogP contribution in [0.1, 0.15) is 0 Å². The maximum atomic E-state index is 11.7. The molecule has 8 heteroatoms. The number of halogens is 1. The van der Waals surface area contributed by atoms with Crippen LogP contribution in [0.4, 0.5) is 5.69 Å². The zero-order valence-corrected chi connectivity index (χ0v) is 13.5. The number of rotatable bonds is 7. The summed E-state index contributed by atoms with van der Waals surface area (Å²) in [5, 5.41) is 2.90. The van der Waals surface area contributed by atoms with Crippen molar-refractivity contribution >= 4 is 29.1 Å². The molecular weight excluding hydrogens is 310 g/mol. The highest BCUT2D eigenvalue weighted by atomic mass is 35.5. The van der Waals surface area contributed by atoms with E-state index in [1.54, 1.807) is 26.2 Å². The molecule has 0 saturated heterocycles. The number of nitrogens with zero attached hydrogens (tertiary/aromatic N) is 1. The third-order valence-electron chi connectivity index (χ3n) is 2.73. The monoisotopic (exact) mass is 329 g/mol. The Hall–Kier alpha value is -1.83. The van der Waals surface area contributed by atoms with Crippen LogP contribution in [0, 0.1) is 0 Å². The molecule has 0 spiro atoms. The lowest BCUT2D eigenvalue weighted by molar-refractivity contribution is -0.130. The van der Waals surface area contributed by atoms with Crippen LogP contribution in [0.2, 0.25) is 5.02 Å². The Morgan fingerprint density at radius 3 is 2.64 bits per heavy atom. The maximum Gasteiger partial charge on any atom is 0.259 e. The molecule has 1 aromatic rings. The number of carbonyl (C=O) groups is 2. The number of hydrogen-bond donors (Lipinski definition) is 2. The summed E-state index contributed by atoms with van der Waals surface area (Å²) in [6.45, 7) is 0.00451. The highest BCUT2D eigenvalue weighted by molar-refractivity contribution is 6.32. The number of benzene rings is 1. The highest BCUT2D eigenvalue weighted by Crippen LogP contribution is 2.27. The van der Waals surface area contributed by atoms with Crippen molar-refractivity contribution in [1.29, 1.82) is 0 Å². The number of carbonyl (C=O) groups excluding carboxylic acids is 2. The Bertz CT molecular complexity index is 537. The molecule has 0 aliphatic heterocycles. The second kappa shape index (κ2) is 8.57. The molecule has 2 amide bonds. The zero-order chi connectivity index (χ0) is 16.7. The SMILES string of the molecule is COCC(N)C(=O)Nc1ccc(OCC(=O)N(C)C)c(Cl)c1. The summed E-state index contributed by atoms with van der Waals surface area (Å²) in [5.74, 6) is -0.204. The van der Waals surface area contributed by atoms with E-state index in [-0.39, 0.29) is 30.1 Å². The number of amides is 2. The molecule has 0 fully saturated rings. The quantitative estimate of drug-likeness (QED) is 0.768. The van der Waals surface area contributed by atoms with Crippen LogP contribution in [0.15, 0.2) is 18.2 Å². The molecule has 0 aliphatic carbocycles. The van der Waals surface area contributed by atoms with Gasteiger partial charge in [-0.2, -0.15) is 0 Å². The minimum absolute atomic E-state index is 0.114. The van der Waals surface area contributed by atoms with Crippen LogP contribution in [-0.2, 0) is 14.3 Å². The van der Waals surface area contributed by atoms with Crippen LogP contribution in [-0.4, -0.2) is 57.2 Å². The highest BCUT2D eigenvalue weighted by Gasteiger charge is 2.14. The molecule has 1 unspecified atom stereocenters. The molecule has 0 aliphatic rings. The smallest absolute Gasteiger partial charge is 0.259 e. The predicted octanol–water partition coefficient (Wildman–Crippen LogP) is 0.719. The zero-order valence-electron chi connectivity index (χ0n) is 12.8. The Morgan fingerprint density at radius 1 is 1.41 bits per heavy atom. The summed E-state index contributed by atoms with van der Waals surface area (Å²) in [6.07, 6.45) is 0. The molecule has 0 heterocycles. The Kier molecular flexibility index (Phi) is 7.10. The topological polar surface area (TPSA) is 93.9 Å². The average molecular weight is 330 g/mol. The lowest BCUT2D eigenvalue weighted by atomic mass is 10.2. The van der Waals surface area contributed by atoms with E-state index in [0.29, 0.717) is 11.4 Å². The van der Waals surface area contributed by atoms with Crippen molar-refractivity contribution in [2.45, 2.75) is 6.04 Å². The van der Waals surface area contributed by atoms with Crippen molar-refractivity contribution in [3.63, 3.8) is 0 Å². The maximum absolute atomic E-state index is 11.7. The Labute approximate surface area is 134 Å². The van der Waals surface area contributed by atoms with E-state index in [0.717, 1.165) is 0 Å². The van der Waals surface area contributed by atoms with Crippen molar-refractivity contribution in [1.82, 2.24) is 4.90 Å². The number of anilines is 1. The molecule has 22 heavy (non-hydrogen) atoms. The number of hydrogen-bond acceptors (Lipinski definition) is 5. The predicted molar refractivity (Wildman–Crippen MR) is 84.1 cm³/mol. The van der Waals surface area contributed by atoms with Gasteiger partial charge in [0.15, 0.2) is 6.61 Å². The number of nitrogens with two attached hydrogens (primary N) is 1. The van der Waals surface area contributed by atoms with Crippen LogP contribution in [0.5, 0.6) is 5.75 Å². The van der Waals surface area contributed by atoms with E-state index in [1.807, 2.05) is 0 Å². The number of likely N-dealkylation sites (N-methyl/N-ethyl adjacent to an activating group) is 1. The van der Waals surface area contributed by atoms with Crippen LogP contribution >= 0.6 is 11.6 Å². The first-order valence-electron chi connectivity index (χ1n) is 6.53. The fraction of sp³-hybridized carbons (Fsp3) is 0.429. The van der Waals surface area contributed by atoms with Gasteiger partial charge in [0.25, 0.3) is 5.91 Å². The van der Waals surface area contributed by atoms with Crippen LogP contribution in [0.3, 0.4) is 0 Å². The first-order valence-corrected chi connectivity index (χ1v) is 6.90. The van der Waals surface area contributed by atoms with E-state index >= 15 is 0 Å². The molecule has 0 radical (unpaired) electrons.